The molecule has 1 aromatic heterocycles. The monoisotopic (exact) mass is 368 g/mol. The highest BCUT2D eigenvalue weighted by Gasteiger charge is 2.22. The maximum Gasteiger partial charge on any atom is 0.274 e. The summed E-state index contributed by atoms with van der Waals surface area (Å²) < 4.78 is 1.38. The number of nitrogens with zero attached hydrogens (tertiary/aromatic N) is 4. The summed E-state index contributed by atoms with van der Waals surface area (Å²) in [6, 6.07) is 11.4. The molecule has 0 unspecified atom stereocenters. The molecule has 0 N–H and O–H groups in total. The van der Waals surface area contributed by atoms with Crippen molar-refractivity contribution in [2.45, 2.75) is 39.8 Å². The number of hydrogen-bond acceptors (Lipinski definition) is 4. The van der Waals surface area contributed by atoms with Crippen LogP contribution in [-0.4, -0.2) is 51.7 Å². The lowest BCUT2D eigenvalue weighted by Crippen LogP contribution is -2.37. The van der Waals surface area contributed by atoms with Crippen molar-refractivity contribution in [1.29, 1.82) is 0 Å². The van der Waals surface area contributed by atoms with Crippen LogP contribution in [0.3, 0.4) is 0 Å². The van der Waals surface area contributed by atoms with E-state index >= 15 is 0 Å². The molecule has 0 bridgehead atoms. The first-order valence-corrected chi connectivity index (χ1v) is 9.73. The highest BCUT2D eigenvalue weighted by atomic mass is 16.2. The number of aryl methyl sites for hydroxylation is 2. The Kier molecular flexibility index (Phi) is 6.40. The van der Waals surface area contributed by atoms with Gasteiger partial charge in [0.15, 0.2) is 0 Å². The third-order valence-electron chi connectivity index (χ3n) is 5.05. The maximum atomic E-state index is 12.9. The SMILES string of the molecule is CCCn1nc(C(=O)N2CCCN(Cc3ccccc3C)CC2)ccc1=O. The van der Waals surface area contributed by atoms with Crippen molar-refractivity contribution in [2.75, 3.05) is 26.2 Å². The summed E-state index contributed by atoms with van der Waals surface area (Å²) in [5.41, 5.74) is 2.84. The fourth-order valence-electron chi connectivity index (χ4n) is 3.46. The first kappa shape index (κ1) is 19.3. The minimum absolute atomic E-state index is 0.0856. The van der Waals surface area contributed by atoms with E-state index in [1.54, 1.807) is 6.07 Å². The van der Waals surface area contributed by atoms with E-state index in [-0.39, 0.29) is 11.5 Å². The van der Waals surface area contributed by atoms with Gasteiger partial charge < -0.3 is 4.90 Å². The van der Waals surface area contributed by atoms with Crippen LogP contribution in [-0.2, 0) is 13.1 Å². The van der Waals surface area contributed by atoms with Gasteiger partial charge in [-0.25, -0.2) is 4.68 Å². The zero-order valence-corrected chi connectivity index (χ0v) is 16.2. The Morgan fingerprint density at radius 3 is 2.67 bits per heavy atom. The molecule has 1 fully saturated rings. The van der Waals surface area contributed by atoms with Crippen LogP contribution in [0.2, 0.25) is 0 Å². The van der Waals surface area contributed by atoms with Crippen LogP contribution >= 0.6 is 0 Å². The fraction of sp³-hybridized carbons (Fsp3) is 0.476. The van der Waals surface area contributed by atoms with Gasteiger partial charge in [0.1, 0.15) is 5.69 Å². The summed E-state index contributed by atoms with van der Waals surface area (Å²) in [4.78, 5) is 29.0. The van der Waals surface area contributed by atoms with E-state index in [1.807, 2.05) is 11.8 Å². The van der Waals surface area contributed by atoms with Gasteiger partial charge in [0, 0.05) is 45.3 Å². The van der Waals surface area contributed by atoms with Gasteiger partial charge in [-0.3, -0.25) is 14.5 Å². The molecule has 1 aliphatic heterocycles. The topological polar surface area (TPSA) is 58.4 Å². The Morgan fingerprint density at radius 2 is 1.89 bits per heavy atom. The molecule has 1 amide bonds. The second kappa shape index (κ2) is 8.95. The van der Waals surface area contributed by atoms with Gasteiger partial charge in [0.2, 0.25) is 0 Å². The zero-order valence-electron chi connectivity index (χ0n) is 16.2. The molecule has 1 saturated heterocycles. The second-order valence-electron chi connectivity index (χ2n) is 7.13. The molecule has 0 radical (unpaired) electrons. The van der Waals surface area contributed by atoms with Gasteiger partial charge >= 0.3 is 0 Å². The third kappa shape index (κ3) is 4.83. The molecule has 27 heavy (non-hydrogen) atoms. The van der Waals surface area contributed by atoms with Crippen molar-refractivity contribution in [3.63, 3.8) is 0 Å². The summed E-state index contributed by atoms with van der Waals surface area (Å²) in [5.74, 6) is -0.0856. The quantitative estimate of drug-likeness (QED) is 0.813. The molecule has 2 aromatic rings. The number of aromatic nitrogens is 2. The average Bonchev–Trinajstić information content (AvgIpc) is 2.91. The Balaban J connectivity index is 1.65. The highest BCUT2D eigenvalue weighted by molar-refractivity contribution is 5.92. The summed E-state index contributed by atoms with van der Waals surface area (Å²) in [7, 11) is 0. The Labute approximate surface area is 160 Å². The number of carbonyl (C=O) groups is 1. The number of rotatable bonds is 5. The lowest BCUT2D eigenvalue weighted by Gasteiger charge is -2.22. The predicted molar refractivity (Wildman–Crippen MR) is 106 cm³/mol. The smallest absolute Gasteiger partial charge is 0.274 e. The third-order valence-corrected chi connectivity index (χ3v) is 5.05. The molecule has 0 atom stereocenters. The number of benzene rings is 1. The molecule has 0 aliphatic carbocycles. The van der Waals surface area contributed by atoms with Crippen molar-refractivity contribution in [3.8, 4) is 0 Å². The number of hydrogen-bond donors (Lipinski definition) is 0. The molecule has 1 aromatic carbocycles. The van der Waals surface area contributed by atoms with Crippen LogP contribution in [0, 0.1) is 6.92 Å². The molecule has 3 rings (SSSR count). The lowest BCUT2D eigenvalue weighted by molar-refractivity contribution is 0.0752. The van der Waals surface area contributed by atoms with Crippen LogP contribution in [0.4, 0.5) is 0 Å². The van der Waals surface area contributed by atoms with Crippen LogP contribution in [0.15, 0.2) is 41.2 Å². The van der Waals surface area contributed by atoms with Crippen LogP contribution in [0.25, 0.3) is 0 Å². The van der Waals surface area contributed by atoms with Crippen LogP contribution in [0.5, 0.6) is 0 Å². The Morgan fingerprint density at radius 1 is 1.07 bits per heavy atom. The van der Waals surface area contributed by atoms with Gasteiger partial charge in [-0.1, -0.05) is 31.2 Å². The molecular weight excluding hydrogens is 340 g/mol. The molecule has 144 valence electrons. The Bertz CT molecular complexity index is 846. The highest BCUT2D eigenvalue weighted by Crippen LogP contribution is 2.13. The molecule has 2 heterocycles. The summed E-state index contributed by atoms with van der Waals surface area (Å²) in [6.45, 7) is 8.78. The van der Waals surface area contributed by atoms with E-state index in [0.717, 1.165) is 39.0 Å². The molecule has 0 saturated carbocycles. The van der Waals surface area contributed by atoms with Crippen LogP contribution in [0.1, 0.15) is 41.4 Å². The number of carbonyl (C=O) groups excluding carboxylic acids is 1. The van der Waals surface area contributed by atoms with E-state index in [1.165, 1.54) is 21.9 Å². The molecule has 0 spiro atoms. The van der Waals surface area contributed by atoms with Crippen LogP contribution < -0.4 is 5.56 Å². The molecular formula is C21H28N4O2. The van der Waals surface area contributed by atoms with Gasteiger partial charge in [-0.15, -0.1) is 0 Å². The normalized spacial score (nSPS) is 15.6. The zero-order chi connectivity index (χ0) is 19.2. The summed E-state index contributed by atoms with van der Waals surface area (Å²) in [6.07, 6.45) is 1.74. The van der Waals surface area contributed by atoms with Crippen molar-refractivity contribution >= 4 is 5.91 Å². The maximum absolute atomic E-state index is 12.9. The summed E-state index contributed by atoms with van der Waals surface area (Å²) in [5, 5.41) is 4.27. The average molecular weight is 368 g/mol. The first-order chi connectivity index (χ1) is 13.1. The largest absolute Gasteiger partial charge is 0.336 e. The lowest BCUT2D eigenvalue weighted by atomic mass is 10.1. The predicted octanol–water partition coefficient (Wildman–Crippen LogP) is 2.31. The molecule has 6 heteroatoms. The van der Waals surface area contributed by atoms with E-state index in [9.17, 15) is 9.59 Å². The van der Waals surface area contributed by atoms with Crippen molar-refractivity contribution in [1.82, 2.24) is 19.6 Å². The molecule has 1 aliphatic rings. The van der Waals surface area contributed by atoms with E-state index in [4.69, 9.17) is 0 Å². The van der Waals surface area contributed by atoms with Gasteiger partial charge in [-0.2, -0.15) is 5.10 Å². The van der Waals surface area contributed by atoms with Gasteiger partial charge in [0.05, 0.1) is 0 Å². The van der Waals surface area contributed by atoms with Crippen molar-refractivity contribution in [2.24, 2.45) is 0 Å². The van der Waals surface area contributed by atoms with E-state index in [0.29, 0.717) is 18.8 Å². The fourth-order valence-corrected chi connectivity index (χ4v) is 3.46. The minimum atomic E-state index is -0.159. The van der Waals surface area contributed by atoms with Crippen molar-refractivity contribution < 1.29 is 4.79 Å². The first-order valence-electron chi connectivity index (χ1n) is 9.73. The second-order valence-corrected chi connectivity index (χ2v) is 7.13. The minimum Gasteiger partial charge on any atom is -0.336 e. The standard InChI is InChI=1S/C21H28N4O2/c1-3-11-25-20(26)10-9-19(22-25)21(27)24-13-6-12-23(14-15-24)16-18-8-5-4-7-17(18)2/h4-5,7-10H,3,6,11-16H2,1-2H3. The van der Waals surface area contributed by atoms with E-state index < -0.39 is 0 Å². The Hall–Kier alpha value is -2.47. The number of amides is 1. The van der Waals surface area contributed by atoms with Crippen molar-refractivity contribution in [3.05, 3.63) is 63.6 Å². The molecule has 6 nitrogen and oxygen atoms in total. The van der Waals surface area contributed by atoms with Gasteiger partial charge in [-0.05, 0) is 37.0 Å². The van der Waals surface area contributed by atoms with E-state index in [2.05, 4.69) is 41.2 Å². The summed E-state index contributed by atoms with van der Waals surface area (Å²) >= 11 is 0. The van der Waals surface area contributed by atoms with Gasteiger partial charge in [0.25, 0.3) is 11.5 Å².